The van der Waals surface area contributed by atoms with E-state index in [9.17, 15) is 8.42 Å². The lowest BCUT2D eigenvalue weighted by molar-refractivity contribution is 0.576. The first-order valence-corrected chi connectivity index (χ1v) is 10.1. The minimum Gasteiger partial charge on any atom is -0.210 e. The maximum Gasteiger partial charge on any atom is 0.250 e. The number of alkyl halides is 1. The fourth-order valence-electron chi connectivity index (χ4n) is 1.31. The van der Waals surface area contributed by atoms with Crippen molar-refractivity contribution < 1.29 is 8.42 Å². The van der Waals surface area contributed by atoms with Gasteiger partial charge in [0.15, 0.2) is 0 Å². The van der Waals surface area contributed by atoms with Gasteiger partial charge in [0.05, 0.1) is 8.81 Å². The third kappa shape index (κ3) is 5.46. The molecule has 0 aliphatic rings. The molecule has 0 aliphatic carbocycles. The van der Waals surface area contributed by atoms with Crippen LogP contribution >= 0.6 is 54.8 Å². The molecule has 1 aromatic rings. The van der Waals surface area contributed by atoms with Gasteiger partial charge in [0.2, 0.25) is 10.0 Å². The first-order chi connectivity index (χ1) is 8.47. The Balaban J connectivity index is 2.41. The molecule has 0 radical (unpaired) electrons. The van der Waals surface area contributed by atoms with Crippen LogP contribution in [-0.4, -0.2) is 20.3 Å². The van der Waals surface area contributed by atoms with Crippen LogP contribution in [0.5, 0.6) is 0 Å². The Morgan fingerprint density at radius 2 is 1.94 bits per heavy atom. The lowest BCUT2D eigenvalue weighted by atomic mass is 10.2. The van der Waals surface area contributed by atoms with Crippen molar-refractivity contribution in [2.24, 2.45) is 0 Å². The van der Waals surface area contributed by atoms with Gasteiger partial charge in [0, 0.05) is 11.9 Å². The third-order valence-electron chi connectivity index (χ3n) is 2.24. The van der Waals surface area contributed by atoms with Gasteiger partial charge in [-0.05, 0) is 34.8 Å². The van der Waals surface area contributed by atoms with Crippen LogP contribution in [0.1, 0.15) is 25.7 Å². The number of rotatable bonds is 8. The zero-order valence-electron chi connectivity index (χ0n) is 9.59. The van der Waals surface area contributed by atoms with Crippen LogP contribution < -0.4 is 4.72 Å². The molecule has 1 heterocycles. The fourth-order valence-corrected chi connectivity index (χ4v) is 5.22. The molecule has 0 fully saturated rings. The highest BCUT2D eigenvalue weighted by molar-refractivity contribution is 9.11. The molecule has 1 N–H and O–H groups in total. The van der Waals surface area contributed by atoms with E-state index >= 15 is 0 Å². The zero-order valence-corrected chi connectivity index (χ0v) is 15.1. The molecular weight excluding hydrogens is 426 g/mol. The minimum absolute atomic E-state index is 0.250. The van der Waals surface area contributed by atoms with E-state index in [1.807, 2.05) is 0 Å². The number of hydrogen-bond acceptors (Lipinski definition) is 3. The highest BCUT2D eigenvalue weighted by Crippen LogP contribution is 2.34. The molecule has 0 unspecified atom stereocenters. The summed E-state index contributed by atoms with van der Waals surface area (Å²) in [5.74, 6) is 0. The van der Waals surface area contributed by atoms with Crippen molar-refractivity contribution in [1.29, 1.82) is 0 Å². The third-order valence-corrected chi connectivity index (χ3v) is 7.21. The van der Waals surface area contributed by atoms with Gasteiger partial charge < -0.3 is 0 Å². The summed E-state index contributed by atoms with van der Waals surface area (Å²) in [4.78, 5) is 0. The maximum absolute atomic E-state index is 11.9. The van der Waals surface area contributed by atoms with E-state index in [1.54, 1.807) is 0 Å². The summed E-state index contributed by atoms with van der Waals surface area (Å²) < 4.78 is 27.3. The van der Waals surface area contributed by atoms with Gasteiger partial charge in [-0.25, -0.2) is 13.1 Å². The molecule has 18 heavy (non-hydrogen) atoms. The van der Waals surface area contributed by atoms with Crippen LogP contribution in [0.4, 0.5) is 0 Å². The highest BCUT2D eigenvalue weighted by Gasteiger charge is 2.18. The van der Waals surface area contributed by atoms with Crippen LogP contribution in [0.15, 0.2) is 14.1 Å². The summed E-state index contributed by atoms with van der Waals surface area (Å²) in [5, 5.41) is 1.43. The SMILES string of the molecule is O=S(=O)(NCCCCCCBr)c1cc(Cl)c(Br)s1. The van der Waals surface area contributed by atoms with Crippen LogP contribution in [0.3, 0.4) is 0 Å². The summed E-state index contributed by atoms with van der Waals surface area (Å²) in [6.45, 7) is 0.470. The quantitative estimate of drug-likeness (QED) is 0.482. The molecule has 0 bridgehead atoms. The number of nitrogens with one attached hydrogen (secondary N) is 1. The van der Waals surface area contributed by atoms with Crippen LogP contribution in [0.2, 0.25) is 5.02 Å². The van der Waals surface area contributed by atoms with Crippen LogP contribution in [0, 0.1) is 0 Å². The molecular formula is C10H14Br2ClNO2S2. The largest absolute Gasteiger partial charge is 0.250 e. The molecule has 8 heteroatoms. The van der Waals surface area contributed by atoms with E-state index in [4.69, 9.17) is 11.6 Å². The van der Waals surface area contributed by atoms with Crippen molar-refractivity contribution in [1.82, 2.24) is 4.72 Å². The van der Waals surface area contributed by atoms with Gasteiger partial charge in [0.1, 0.15) is 4.21 Å². The average molecular weight is 440 g/mol. The molecule has 0 spiro atoms. The molecule has 0 aliphatic heterocycles. The molecule has 0 amide bonds. The highest BCUT2D eigenvalue weighted by atomic mass is 79.9. The summed E-state index contributed by atoms with van der Waals surface area (Å²) in [6.07, 6.45) is 4.12. The molecule has 1 aromatic heterocycles. The minimum atomic E-state index is -3.41. The first-order valence-electron chi connectivity index (χ1n) is 5.48. The van der Waals surface area contributed by atoms with Crippen molar-refractivity contribution in [3.63, 3.8) is 0 Å². The predicted octanol–water partition coefficient (Wildman–Crippen LogP) is 4.40. The zero-order chi connectivity index (χ0) is 13.6. The predicted molar refractivity (Wildman–Crippen MR) is 84.5 cm³/mol. The second kappa shape index (κ2) is 8.21. The topological polar surface area (TPSA) is 46.2 Å². The molecule has 0 aromatic carbocycles. The van der Waals surface area contributed by atoms with E-state index in [0.29, 0.717) is 15.4 Å². The Morgan fingerprint density at radius 3 is 2.50 bits per heavy atom. The van der Waals surface area contributed by atoms with Gasteiger partial charge in [-0.15, -0.1) is 11.3 Å². The van der Waals surface area contributed by atoms with Crippen molar-refractivity contribution in [2.45, 2.75) is 29.9 Å². The van der Waals surface area contributed by atoms with Crippen molar-refractivity contribution in [2.75, 3.05) is 11.9 Å². The Hall–Kier alpha value is 0.860. The summed E-state index contributed by atoms with van der Waals surface area (Å²) in [6, 6.07) is 1.46. The molecule has 0 saturated carbocycles. The number of unbranched alkanes of at least 4 members (excludes halogenated alkanes) is 3. The number of thiophene rings is 1. The van der Waals surface area contributed by atoms with E-state index in [0.717, 1.165) is 42.4 Å². The maximum atomic E-state index is 11.9. The van der Waals surface area contributed by atoms with Crippen molar-refractivity contribution in [3.05, 3.63) is 14.9 Å². The number of sulfonamides is 1. The Bertz CT molecular complexity index is 457. The normalized spacial score (nSPS) is 11.9. The molecule has 0 saturated heterocycles. The smallest absolute Gasteiger partial charge is 0.210 e. The molecule has 104 valence electrons. The van der Waals surface area contributed by atoms with Gasteiger partial charge in [-0.2, -0.15) is 0 Å². The van der Waals surface area contributed by atoms with Gasteiger partial charge in [-0.3, -0.25) is 0 Å². The lowest BCUT2D eigenvalue weighted by Gasteiger charge is -2.04. The molecule has 0 atom stereocenters. The first kappa shape index (κ1) is 16.9. The lowest BCUT2D eigenvalue weighted by Crippen LogP contribution is -2.23. The number of hydrogen-bond donors (Lipinski definition) is 1. The number of halogens is 3. The monoisotopic (exact) mass is 437 g/mol. The summed E-state index contributed by atoms with van der Waals surface area (Å²) in [5.41, 5.74) is 0. The van der Waals surface area contributed by atoms with E-state index in [2.05, 4.69) is 36.6 Å². The second-order valence-electron chi connectivity index (χ2n) is 3.69. The van der Waals surface area contributed by atoms with Crippen LogP contribution in [0.25, 0.3) is 0 Å². The standard InChI is InChI=1S/C10H14Br2ClNO2S2/c11-5-3-1-2-4-6-14-18(15,16)9-7-8(13)10(12)17-9/h7,14H,1-6H2. The summed E-state index contributed by atoms with van der Waals surface area (Å²) in [7, 11) is -3.41. The van der Waals surface area contributed by atoms with E-state index < -0.39 is 10.0 Å². The van der Waals surface area contributed by atoms with Crippen molar-refractivity contribution >= 4 is 64.8 Å². The van der Waals surface area contributed by atoms with Gasteiger partial charge in [-0.1, -0.05) is 40.4 Å². The molecule has 3 nitrogen and oxygen atoms in total. The fraction of sp³-hybridized carbons (Fsp3) is 0.600. The molecule has 1 rings (SSSR count). The van der Waals surface area contributed by atoms with Crippen LogP contribution in [-0.2, 0) is 10.0 Å². The second-order valence-corrected chi connectivity index (χ2v) is 9.25. The average Bonchev–Trinajstić information content (AvgIpc) is 2.65. The van der Waals surface area contributed by atoms with Crippen molar-refractivity contribution in [3.8, 4) is 0 Å². The summed E-state index contributed by atoms with van der Waals surface area (Å²) >= 11 is 13.5. The van der Waals surface area contributed by atoms with E-state index in [-0.39, 0.29) is 4.21 Å². The van der Waals surface area contributed by atoms with Gasteiger partial charge in [0.25, 0.3) is 0 Å². The Labute approximate surface area is 134 Å². The van der Waals surface area contributed by atoms with E-state index in [1.165, 1.54) is 6.07 Å². The Morgan fingerprint density at radius 1 is 1.28 bits per heavy atom. The van der Waals surface area contributed by atoms with Gasteiger partial charge >= 0.3 is 0 Å². The Kier molecular flexibility index (Phi) is 7.72.